The van der Waals surface area contributed by atoms with E-state index in [1.807, 2.05) is 53.4 Å². The highest BCUT2D eigenvalue weighted by Gasteiger charge is 2.28. The van der Waals surface area contributed by atoms with Crippen molar-refractivity contribution < 1.29 is 9.53 Å². The average molecular weight is 437 g/mol. The van der Waals surface area contributed by atoms with Crippen LogP contribution in [-0.2, 0) is 0 Å². The first kappa shape index (κ1) is 19.1. The smallest absolute Gasteiger partial charge is 0.282 e. The summed E-state index contributed by atoms with van der Waals surface area (Å²) in [4.78, 5) is 19.3. The number of benzene rings is 2. The first-order valence-corrected chi connectivity index (χ1v) is 11.5. The summed E-state index contributed by atoms with van der Waals surface area (Å²) < 4.78 is 6.50. The highest BCUT2D eigenvalue weighted by atomic mass is 32.1. The Morgan fingerprint density at radius 3 is 2.60 bits per heavy atom. The number of hydrogen-bond donors (Lipinski definition) is 0. The minimum absolute atomic E-state index is 0.0293. The maximum atomic E-state index is 12.9. The van der Waals surface area contributed by atoms with Gasteiger partial charge >= 0.3 is 0 Å². The summed E-state index contributed by atoms with van der Waals surface area (Å²) in [7, 11) is 1.67. The summed E-state index contributed by atoms with van der Waals surface area (Å²) in [5.74, 6) is 1.16. The van der Waals surface area contributed by atoms with Gasteiger partial charge in [0.05, 0.1) is 22.9 Å². The molecular weight excluding hydrogens is 416 g/mol. The fourth-order valence-corrected chi connectivity index (χ4v) is 5.73. The molecule has 1 amide bonds. The van der Waals surface area contributed by atoms with Crippen LogP contribution in [-0.4, -0.2) is 46.2 Å². The van der Waals surface area contributed by atoms with Crippen molar-refractivity contribution in [1.82, 2.24) is 20.1 Å². The van der Waals surface area contributed by atoms with Gasteiger partial charge in [-0.25, -0.2) is 4.98 Å². The molecule has 1 saturated heterocycles. The number of nitrogens with zero attached hydrogens (tertiary/aromatic N) is 4. The second-order valence-corrected chi connectivity index (χ2v) is 9.24. The van der Waals surface area contributed by atoms with E-state index in [2.05, 4.69) is 15.2 Å². The molecule has 0 bridgehead atoms. The summed E-state index contributed by atoms with van der Waals surface area (Å²) in [6.07, 6.45) is 1.77. The van der Waals surface area contributed by atoms with Crippen LogP contribution in [0.5, 0.6) is 5.75 Å². The van der Waals surface area contributed by atoms with Gasteiger partial charge in [-0.15, -0.1) is 21.5 Å². The van der Waals surface area contributed by atoms with E-state index in [0.717, 1.165) is 44.4 Å². The molecule has 152 valence electrons. The van der Waals surface area contributed by atoms with Gasteiger partial charge in [0.1, 0.15) is 10.8 Å². The van der Waals surface area contributed by atoms with Crippen LogP contribution in [0.4, 0.5) is 0 Å². The lowest BCUT2D eigenvalue weighted by molar-refractivity contribution is 0.0712. The van der Waals surface area contributed by atoms with Gasteiger partial charge in [-0.2, -0.15) is 0 Å². The number of methoxy groups -OCH3 is 1. The fourth-order valence-electron chi connectivity index (χ4n) is 3.76. The number of carbonyl (C=O) groups is 1. The van der Waals surface area contributed by atoms with Crippen molar-refractivity contribution in [3.05, 3.63) is 58.5 Å². The monoisotopic (exact) mass is 436 g/mol. The molecule has 1 aliphatic heterocycles. The molecule has 4 aromatic rings. The van der Waals surface area contributed by atoms with Crippen molar-refractivity contribution >= 4 is 38.8 Å². The van der Waals surface area contributed by atoms with Crippen LogP contribution in [0.3, 0.4) is 0 Å². The molecule has 0 atom stereocenters. The minimum Gasteiger partial charge on any atom is -0.496 e. The van der Waals surface area contributed by atoms with Crippen LogP contribution in [0, 0.1) is 0 Å². The predicted octanol–water partition coefficient (Wildman–Crippen LogP) is 4.84. The van der Waals surface area contributed by atoms with E-state index in [0.29, 0.717) is 24.0 Å². The Morgan fingerprint density at radius 1 is 1.03 bits per heavy atom. The van der Waals surface area contributed by atoms with Gasteiger partial charge < -0.3 is 9.64 Å². The van der Waals surface area contributed by atoms with Crippen LogP contribution < -0.4 is 4.74 Å². The molecule has 3 heterocycles. The number of ether oxygens (including phenoxy) is 1. The Bertz CT molecular complexity index is 1160. The maximum absolute atomic E-state index is 12.9. The van der Waals surface area contributed by atoms with Crippen LogP contribution >= 0.6 is 22.7 Å². The Morgan fingerprint density at radius 2 is 1.80 bits per heavy atom. The van der Waals surface area contributed by atoms with E-state index in [-0.39, 0.29) is 5.91 Å². The highest BCUT2D eigenvalue weighted by molar-refractivity contribution is 7.20. The van der Waals surface area contributed by atoms with Gasteiger partial charge in [-0.3, -0.25) is 4.79 Å². The number of likely N-dealkylation sites (tertiary alicyclic amines) is 1. The summed E-state index contributed by atoms with van der Waals surface area (Å²) in [6, 6.07) is 15.7. The van der Waals surface area contributed by atoms with Crippen LogP contribution in [0.25, 0.3) is 20.8 Å². The molecule has 30 heavy (non-hydrogen) atoms. The molecule has 2 aromatic heterocycles. The van der Waals surface area contributed by atoms with Crippen LogP contribution in [0.1, 0.15) is 33.6 Å². The Hall–Kier alpha value is -2.84. The maximum Gasteiger partial charge on any atom is 0.282 e. The van der Waals surface area contributed by atoms with E-state index in [1.54, 1.807) is 18.4 Å². The van der Waals surface area contributed by atoms with Crippen molar-refractivity contribution in [2.45, 2.75) is 18.8 Å². The fraction of sp³-hybridized carbons (Fsp3) is 0.273. The largest absolute Gasteiger partial charge is 0.496 e. The number of hydrogen-bond acceptors (Lipinski definition) is 7. The molecule has 1 aliphatic rings. The van der Waals surface area contributed by atoms with Crippen LogP contribution in [0.15, 0.2) is 48.5 Å². The highest BCUT2D eigenvalue weighted by Crippen LogP contribution is 2.37. The third kappa shape index (κ3) is 3.57. The van der Waals surface area contributed by atoms with Crippen molar-refractivity contribution in [2.24, 2.45) is 0 Å². The average Bonchev–Trinajstić information content (AvgIpc) is 3.46. The summed E-state index contributed by atoms with van der Waals surface area (Å²) >= 11 is 3.08. The molecule has 0 unspecified atom stereocenters. The quantitative estimate of drug-likeness (QED) is 0.458. The van der Waals surface area contributed by atoms with E-state index in [1.165, 1.54) is 11.3 Å². The van der Waals surface area contributed by atoms with E-state index in [9.17, 15) is 4.79 Å². The van der Waals surface area contributed by atoms with Crippen molar-refractivity contribution in [1.29, 1.82) is 0 Å². The lowest BCUT2D eigenvalue weighted by Gasteiger charge is -2.30. The van der Waals surface area contributed by atoms with Gasteiger partial charge in [0, 0.05) is 19.0 Å². The molecule has 8 heteroatoms. The number of piperidine rings is 1. The van der Waals surface area contributed by atoms with Gasteiger partial charge in [0.25, 0.3) is 5.91 Å². The zero-order chi connectivity index (χ0) is 20.5. The third-order valence-corrected chi connectivity index (χ3v) is 7.53. The van der Waals surface area contributed by atoms with E-state index in [4.69, 9.17) is 4.74 Å². The molecular formula is C22H20N4O2S2. The Balaban J connectivity index is 1.27. The normalized spacial score (nSPS) is 14.9. The van der Waals surface area contributed by atoms with Crippen molar-refractivity contribution in [2.75, 3.05) is 20.2 Å². The molecule has 6 nitrogen and oxygen atoms in total. The second kappa shape index (κ2) is 8.12. The SMILES string of the molecule is COc1ccccc1-c1nnc(C2CCN(C(=O)c3nc4ccccc4s3)CC2)s1. The number of fused-ring (bicyclic) bond motifs is 1. The zero-order valence-electron chi connectivity index (χ0n) is 16.4. The molecule has 0 saturated carbocycles. The number of aromatic nitrogens is 3. The van der Waals surface area contributed by atoms with Gasteiger partial charge in [-0.1, -0.05) is 35.6 Å². The van der Waals surface area contributed by atoms with Crippen molar-refractivity contribution in [3.63, 3.8) is 0 Å². The molecule has 1 fully saturated rings. The summed E-state index contributed by atoms with van der Waals surface area (Å²) in [6.45, 7) is 1.42. The van der Waals surface area contributed by atoms with Crippen molar-refractivity contribution in [3.8, 4) is 16.3 Å². The number of para-hydroxylation sites is 2. The minimum atomic E-state index is 0.0293. The second-order valence-electron chi connectivity index (χ2n) is 7.20. The molecule has 0 N–H and O–H groups in total. The molecule has 0 spiro atoms. The van der Waals surface area contributed by atoms with Crippen LogP contribution in [0.2, 0.25) is 0 Å². The lowest BCUT2D eigenvalue weighted by Crippen LogP contribution is -2.37. The van der Waals surface area contributed by atoms with Gasteiger partial charge in [0.2, 0.25) is 0 Å². The lowest BCUT2D eigenvalue weighted by atomic mass is 9.97. The summed E-state index contributed by atoms with van der Waals surface area (Å²) in [5.41, 5.74) is 1.85. The number of thiazole rings is 1. The first-order valence-electron chi connectivity index (χ1n) is 9.84. The first-order chi connectivity index (χ1) is 14.7. The number of amides is 1. The summed E-state index contributed by atoms with van der Waals surface area (Å²) in [5, 5.41) is 11.3. The standard InChI is InChI=1S/C22H20N4O2S2/c1-28-17-8-4-2-6-15(17)20-25-24-19(30-20)14-10-12-26(13-11-14)22(27)21-23-16-7-3-5-9-18(16)29-21/h2-9,14H,10-13H2,1H3. The van der Waals surface area contributed by atoms with E-state index < -0.39 is 0 Å². The predicted molar refractivity (Wildman–Crippen MR) is 119 cm³/mol. The zero-order valence-corrected chi connectivity index (χ0v) is 18.1. The Labute approximate surface area is 182 Å². The number of carbonyl (C=O) groups excluding carboxylic acids is 1. The molecule has 2 aromatic carbocycles. The van der Waals surface area contributed by atoms with Gasteiger partial charge in [0.15, 0.2) is 10.0 Å². The van der Waals surface area contributed by atoms with Gasteiger partial charge in [-0.05, 0) is 37.1 Å². The number of rotatable bonds is 4. The van der Waals surface area contributed by atoms with E-state index >= 15 is 0 Å². The molecule has 0 aliphatic carbocycles. The Kier molecular flexibility index (Phi) is 5.18. The molecule has 5 rings (SSSR count). The topological polar surface area (TPSA) is 68.2 Å². The molecule has 0 radical (unpaired) electrons. The third-order valence-electron chi connectivity index (χ3n) is 5.39.